The van der Waals surface area contributed by atoms with Gasteiger partial charge < -0.3 is 19.8 Å². The van der Waals surface area contributed by atoms with E-state index in [1.54, 1.807) is 23.6 Å². The van der Waals surface area contributed by atoms with E-state index >= 15 is 0 Å². The zero-order valence-corrected chi connectivity index (χ0v) is 13.1. The fourth-order valence-electron chi connectivity index (χ4n) is 2.08. The molecule has 0 aliphatic heterocycles. The number of aromatic nitrogens is 2. The van der Waals surface area contributed by atoms with E-state index in [2.05, 4.69) is 4.98 Å². The van der Waals surface area contributed by atoms with Crippen molar-refractivity contribution in [3.05, 3.63) is 12.1 Å². The number of aryl methyl sites for hydroxylation is 1. The molecule has 0 saturated carbocycles. The second-order valence-electron chi connectivity index (χ2n) is 4.55. The molecule has 0 unspecified atom stereocenters. The molecule has 7 nitrogen and oxygen atoms in total. The molecule has 0 radical (unpaired) electrons. The van der Waals surface area contributed by atoms with Crippen LogP contribution in [-0.2, 0) is 16.4 Å². The highest BCUT2D eigenvalue weighted by atomic mass is 32.2. The highest BCUT2D eigenvalue weighted by Crippen LogP contribution is 2.32. The van der Waals surface area contributed by atoms with Crippen molar-refractivity contribution in [3.63, 3.8) is 0 Å². The Hall–Kier alpha value is -1.96. The molecule has 0 aliphatic carbocycles. The third kappa shape index (κ3) is 3.05. The zero-order valence-electron chi connectivity index (χ0n) is 12.3. The molecule has 0 bridgehead atoms. The number of hydrogen-bond acceptors (Lipinski definition) is 6. The van der Waals surface area contributed by atoms with Gasteiger partial charge in [-0.2, -0.15) is 0 Å². The summed E-state index contributed by atoms with van der Waals surface area (Å²) in [6.45, 7) is 1.88. The number of benzene rings is 1. The van der Waals surface area contributed by atoms with Crippen LogP contribution in [0.25, 0.3) is 11.0 Å². The van der Waals surface area contributed by atoms with Gasteiger partial charge in [-0.15, -0.1) is 0 Å². The van der Waals surface area contributed by atoms with Crippen LogP contribution in [0, 0.1) is 0 Å². The number of hydrogen-bond donors (Lipinski definition) is 1. The minimum absolute atomic E-state index is 0.0213. The average Bonchev–Trinajstić information content (AvgIpc) is 2.78. The Morgan fingerprint density at radius 2 is 1.86 bits per heavy atom. The van der Waals surface area contributed by atoms with Crippen LogP contribution in [0.4, 0.5) is 5.95 Å². The highest BCUT2D eigenvalue weighted by molar-refractivity contribution is 7.91. The second-order valence-corrected chi connectivity index (χ2v) is 7.03. The van der Waals surface area contributed by atoms with Gasteiger partial charge in [-0.1, -0.05) is 6.92 Å². The molecular formula is C13H19N3O4S. The SMILES string of the molecule is CCS(=O)(=O)CCn1c(N)nc2cc(OC)c(OC)cc21. The summed E-state index contributed by atoms with van der Waals surface area (Å²) in [6.07, 6.45) is 0. The summed E-state index contributed by atoms with van der Waals surface area (Å²) in [4.78, 5) is 4.23. The first-order valence-electron chi connectivity index (χ1n) is 6.50. The van der Waals surface area contributed by atoms with Crippen LogP contribution in [0.15, 0.2) is 12.1 Å². The van der Waals surface area contributed by atoms with E-state index in [4.69, 9.17) is 15.2 Å². The smallest absolute Gasteiger partial charge is 0.201 e. The highest BCUT2D eigenvalue weighted by Gasteiger charge is 2.15. The zero-order chi connectivity index (χ0) is 15.6. The van der Waals surface area contributed by atoms with Crippen LogP contribution in [0.1, 0.15) is 6.92 Å². The first-order chi connectivity index (χ1) is 9.91. The standard InChI is InChI=1S/C13H19N3O4S/c1-4-21(17,18)6-5-16-10-8-12(20-3)11(19-2)7-9(10)15-13(16)14/h7-8H,4-6H2,1-3H3,(H2,14,15). The Bertz CT molecular complexity index is 752. The first kappa shape index (κ1) is 15.4. The summed E-state index contributed by atoms with van der Waals surface area (Å²) in [6, 6.07) is 3.46. The lowest BCUT2D eigenvalue weighted by Crippen LogP contribution is -2.15. The van der Waals surface area contributed by atoms with Gasteiger partial charge in [-0.05, 0) is 0 Å². The molecule has 0 atom stereocenters. The molecule has 1 aromatic heterocycles. The maximum Gasteiger partial charge on any atom is 0.201 e. The Labute approximate surface area is 123 Å². The van der Waals surface area contributed by atoms with Crippen molar-refractivity contribution in [3.8, 4) is 11.5 Å². The summed E-state index contributed by atoms with van der Waals surface area (Å²) in [7, 11) is 0.00694. The van der Waals surface area contributed by atoms with Gasteiger partial charge in [0, 0.05) is 24.4 Å². The van der Waals surface area contributed by atoms with E-state index in [0.29, 0.717) is 17.0 Å². The van der Waals surface area contributed by atoms with Crippen molar-refractivity contribution >= 4 is 26.8 Å². The van der Waals surface area contributed by atoms with Gasteiger partial charge >= 0.3 is 0 Å². The van der Waals surface area contributed by atoms with E-state index in [9.17, 15) is 8.42 Å². The maximum absolute atomic E-state index is 11.6. The van der Waals surface area contributed by atoms with Crippen LogP contribution < -0.4 is 15.2 Å². The van der Waals surface area contributed by atoms with Crippen LogP contribution in [0.3, 0.4) is 0 Å². The number of sulfone groups is 1. The van der Waals surface area contributed by atoms with E-state index in [0.717, 1.165) is 5.52 Å². The van der Waals surface area contributed by atoms with Gasteiger partial charge in [0.05, 0.1) is 31.0 Å². The number of anilines is 1. The Morgan fingerprint density at radius 1 is 1.24 bits per heavy atom. The number of methoxy groups -OCH3 is 2. The van der Waals surface area contributed by atoms with Crippen LogP contribution in [-0.4, -0.2) is 43.7 Å². The Balaban J connectivity index is 2.46. The third-order valence-corrected chi connectivity index (χ3v) is 5.03. The van der Waals surface area contributed by atoms with Crippen molar-refractivity contribution in [2.75, 3.05) is 31.5 Å². The maximum atomic E-state index is 11.6. The van der Waals surface area contributed by atoms with Crippen molar-refractivity contribution in [2.45, 2.75) is 13.5 Å². The van der Waals surface area contributed by atoms with Crippen LogP contribution in [0.5, 0.6) is 11.5 Å². The number of fused-ring (bicyclic) bond motifs is 1. The predicted molar refractivity (Wildman–Crippen MR) is 81.6 cm³/mol. The summed E-state index contributed by atoms with van der Waals surface area (Å²) < 4.78 is 35.4. The van der Waals surface area contributed by atoms with E-state index < -0.39 is 9.84 Å². The normalized spacial score (nSPS) is 11.8. The Morgan fingerprint density at radius 3 is 2.43 bits per heavy atom. The fourth-order valence-corrected chi connectivity index (χ4v) is 2.83. The first-order valence-corrected chi connectivity index (χ1v) is 8.32. The summed E-state index contributed by atoms with van der Waals surface area (Å²) in [5.41, 5.74) is 7.24. The van der Waals surface area contributed by atoms with Crippen molar-refractivity contribution in [2.24, 2.45) is 0 Å². The lowest BCUT2D eigenvalue weighted by Gasteiger charge is -2.09. The van der Waals surface area contributed by atoms with Gasteiger partial charge in [0.15, 0.2) is 21.3 Å². The van der Waals surface area contributed by atoms with Gasteiger partial charge in [0.1, 0.15) is 0 Å². The molecule has 1 aromatic carbocycles. The minimum Gasteiger partial charge on any atom is -0.493 e. The molecule has 116 valence electrons. The van der Waals surface area contributed by atoms with Crippen molar-refractivity contribution < 1.29 is 17.9 Å². The van der Waals surface area contributed by atoms with Crippen molar-refractivity contribution in [1.82, 2.24) is 9.55 Å². The molecule has 0 amide bonds. The summed E-state index contributed by atoms with van der Waals surface area (Å²) >= 11 is 0. The molecule has 2 rings (SSSR count). The monoisotopic (exact) mass is 313 g/mol. The molecule has 0 spiro atoms. The van der Waals surface area contributed by atoms with E-state index in [1.807, 2.05) is 0 Å². The topological polar surface area (TPSA) is 96.4 Å². The molecule has 2 aromatic rings. The van der Waals surface area contributed by atoms with E-state index in [1.165, 1.54) is 14.2 Å². The number of imidazole rings is 1. The second kappa shape index (κ2) is 5.80. The predicted octanol–water partition coefficient (Wildman–Crippen LogP) is 1.07. The van der Waals surface area contributed by atoms with Gasteiger partial charge in [0.2, 0.25) is 5.95 Å². The average molecular weight is 313 g/mol. The molecule has 0 aliphatic rings. The van der Waals surface area contributed by atoms with E-state index in [-0.39, 0.29) is 24.0 Å². The van der Waals surface area contributed by atoms with Crippen LogP contribution in [0.2, 0.25) is 0 Å². The molecule has 8 heteroatoms. The number of nitrogens with two attached hydrogens (primary N) is 1. The minimum atomic E-state index is -3.07. The molecule has 2 N–H and O–H groups in total. The number of nitrogen functional groups attached to an aromatic ring is 1. The summed E-state index contributed by atoms with van der Waals surface area (Å²) in [5.74, 6) is 1.50. The Kier molecular flexibility index (Phi) is 4.26. The molecule has 1 heterocycles. The number of nitrogens with zero attached hydrogens (tertiary/aromatic N) is 2. The third-order valence-electron chi connectivity index (χ3n) is 3.35. The lowest BCUT2D eigenvalue weighted by atomic mass is 10.2. The quantitative estimate of drug-likeness (QED) is 0.857. The molecule has 0 saturated heterocycles. The molecular weight excluding hydrogens is 294 g/mol. The largest absolute Gasteiger partial charge is 0.493 e. The van der Waals surface area contributed by atoms with Gasteiger partial charge in [0.25, 0.3) is 0 Å². The van der Waals surface area contributed by atoms with Crippen LogP contribution >= 0.6 is 0 Å². The van der Waals surface area contributed by atoms with Gasteiger partial charge in [-0.3, -0.25) is 0 Å². The summed E-state index contributed by atoms with van der Waals surface area (Å²) in [5, 5.41) is 0. The molecule has 21 heavy (non-hydrogen) atoms. The number of ether oxygens (including phenoxy) is 2. The van der Waals surface area contributed by atoms with Crippen molar-refractivity contribution in [1.29, 1.82) is 0 Å². The number of rotatable bonds is 6. The lowest BCUT2D eigenvalue weighted by molar-refractivity contribution is 0.355. The molecule has 0 fully saturated rings. The fraction of sp³-hybridized carbons (Fsp3) is 0.462. The van der Waals surface area contributed by atoms with Gasteiger partial charge in [-0.25, -0.2) is 13.4 Å².